The third-order valence-corrected chi connectivity index (χ3v) is 5.46. The first-order valence-corrected chi connectivity index (χ1v) is 10.3. The van der Waals surface area contributed by atoms with E-state index in [0.717, 1.165) is 17.0 Å². The largest absolute Gasteiger partial charge is 0.338 e. The summed E-state index contributed by atoms with van der Waals surface area (Å²) >= 11 is 0. The van der Waals surface area contributed by atoms with Crippen molar-refractivity contribution in [2.24, 2.45) is 7.05 Å². The molecule has 0 aliphatic carbocycles. The first-order valence-electron chi connectivity index (χ1n) is 10.3. The summed E-state index contributed by atoms with van der Waals surface area (Å²) in [5.74, 6) is 0.484. The Morgan fingerprint density at radius 2 is 1.78 bits per heavy atom. The van der Waals surface area contributed by atoms with Gasteiger partial charge in [0, 0.05) is 25.0 Å². The number of hydrogen-bond donors (Lipinski definition) is 1. The monoisotopic (exact) mass is 423 g/mol. The second-order valence-corrected chi connectivity index (χ2v) is 7.58. The van der Waals surface area contributed by atoms with E-state index in [1.165, 1.54) is 0 Å². The van der Waals surface area contributed by atoms with E-state index in [1.807, 2.05) is 78.5 Å². The maximum Gasteiger partial charge on any atom is 0.259 e. The fraction of sp³-hybridized carbons (Fsp3) is 0.120. The highest BCUT2D eigenvalue weighted by Crippen LogP contribution is 2.28. The number of aryl methyl sites for hydroxylation is 2. The number of carbonyl (C=O) groups is 1. The minimum atomic E-state index is -0.424. The summed E-state index contributed by atoms with van der Waals surface area (Å²) in [6.45, 7) is 1.81. The zero-order valence-corrected chi connectivity index (χ0v) is 17.7. The van der Waals surface area contributed by atoms with Gasteiger partial charge in [-0.15, -0.1) is 0 Å². The van der Waals surface area contributed by atoms with Crippen molar-refractivity contribution < 1.29 is 9.32 Å². The van der Waals surface area contributed by atoms with E-state index in [-0.39, 0.29) is 5.91 Å². The lowest BCUT2D eigenvalue weighted by molar-refractivity contribution is 0.0942. The van der Waals surface area contributed by atoms with Crippen molar-refractivity contribution in [1.29, 1.82) is 0 Å². The van der Waals surface area contributed by atoms with Crippen LogP contribution in [0.5, 0.6) is 0 Å². The molecule has 0 radical (unpaired) electrons. The van der Waals surface area contributed by atoms with Crippen LogP contribution in [0.4, 0.5) is 0 Å². The Labute approximate surface area is 184 Å². The van der Waals surface area contributed by atoms with Crippen molar-refractivity contribution in [3.63, 3.8) is 0 Å². The van der Waals surface area contributed by atoms with Crippen LogP contribution in [-0.4, -0.2) is 25.6 Å². The molecule has 0 spiro atoms. The number of rotatable bonds is 5. The second-order valence-electron chi connectivity index (χ2n) is 7.58. The van der Waals surface area contributed by atoms with E-state index in [9.17, 15) is 4.79 Å². The molecule has 32 heavy (non-hydrogen) atoms. The predicted octanol–water partition coefficient (Wildman–Crippen LogP) is 4.45. The molecular formula is C25H21N5O2. The Morgan fingerprint density at radius 3 is 2.47 bits per heavy atom. The summed E-state index contributed by atoms with van der Waals surface area (Å²) in [6, 6.07) is 20.8. The van der Waals surface area contributed by atoms with Gasteiger partial charge in [-0.2, -0.15) is 0 Å². The molecule has 0 fully saturated rings. The van der Waals surface area contributed by atoms with Gasteiger partial charge in [0.25, 0.3) is 11.6 Å². The molecule has 3 aromatic heterocycles. The average Bonchev–Trinajstić information content (AvgIpc) is 3.43. The lowest BCUT2D eigenvalue weighted by Gasteiger charge is -2.19. The number of fused-ring (bicyclic) bond motifs is 1. The van der Waals surface area contributed by atoms with E-state index >= 15 is 0 Å². The second kappa shape index (κ2) is 8.11. The third kappa shape index (κ3) is 3.54. The van der Waals surface area contributed by atoms with Gasteiger partial charge >= 0.3 is 0 Å². The minimum Gasteiger partial charge on any atom is -0.338 e. The first-order chi connectivity index (χ1) is 15.6. The van der Waals surface area contributed by atoms with Crippen molar-refractivity contribution in [2.45, 2.75) is 13.0 Å². The molecule has 1 N–H and O–H groups in total. The molecule has 0 saturated heterocycles. The molecule has 7 heteroatoms. The molecule has 0 aliphatic rings. The zero-order valence-electron chi connectivity index (χ0n) is 17.7. The van der Waals surface area contributed by atoms with Gasteiger partial charge in [0.1, 0.15) is 11.9 Å². The number of nitrogens with zero attached hydrogens (tertiary/aromatic N) is 4. The van der Waals surface area contributed by atoms with Crippen LogP contribution in [0.25, 0.3) is 22.4 Å². The lowest BCUT2D eigenvalue weighted by Crippen LogP contribution is -2.31. The van der Waals surface area contributed by atoms with Gasteiger partial charge in [0.15, 0.2) is 0 Å². The van der Waals surface area contributed by atoms with Crippen molar-refractivity contribution in [3.8, 4) is 11.3 Å². The zero-order chi connectivity index (χ0) is 22.1. The number of pyridine rings is 1. The van der Waals surface area contributed by atoms with Crippen molar-refractivity contribution >= 4 is 17.0 Å². The fourth-order valence-corrected chi connectivity index (χ4v) is 3.84. The fourth-order valence-electron chi connectivity index (χ4n) is 3.84. The maximum absolute atomic E-state index is 13.6. The van der Waals surface area contributed by atoms with E-state index in [1.54, 1.807) is 19.2 Å². The third-order valence-electron chi connectivity index (χ3n) is 5.46. The topological polar surface area (TPSA) is 85.8 Å². The van der Waals surface area contributed by atoms with Crippen LogP contribution < -0.4 is 5.32 Å². The van der Waals surface area contributed by atoms with Crippen LogP contribution in [0, 0.1) is 6.92 Å². The van der Waals surface area contributed by atoms with Crippen molar-refractivity contribution in [2.75, 3.05) is 0 Å². The van der Waals surface area contributed by atoms with Gasteiger partial charge in [-0.25, -0.2) is 9.97 Å². The molecule has 0 bridgehead atoms. The quantitative estimate of drug-likeness (QED) is 0.451. The van der Waals surface area contributed by atoms with Gasteiger partial charge in [-0.1, -0.05) is 65.8 Å². The summed E-state index contributed by atoms with van der Waals surface area (Å²) in [5, 5.41) is 7.81. The first kappa shape index (κ1) is 19.7. The van der Waals surface area contributed by atoms with Gasteiger partial charge in [0.05, 0.1) is 22.3 Å². The molecule has 5 aromatic rings. The molecule has 7 nitrogen and oxygen atoms in total. The summed E-state index contributed by atoms with van der Waals surface area (Å²) < 4.78 is 7.33. The van der Waals surface area contributed by atoms with Gasteiger partial charge < -0.3 is 14.4 Å². The van der Waals surface area contributed by atoms with Gasteiger partial charge in [0.2, 0.25) is 0 Å². The SMILES string of the molecule is Cc1noc2nc(-c3ccccc3)cc(C(=O)NC(c3ccccc3)c3nccn3C)c12. The van der Waals surface area contributed by atoms with Crippen LogP contribution in [0.2, 0.25) is 0 Å². The molecule has 0 saturated carbocycles. The Kier molecular flexibility index (Phi) is 4.99. The number of nitrogens with one attached hydrogen (secondary N) is 1. The molecule has 1 unspecified atom stereocenters. The number of amides is 1. The number of imidazole rings is 1. The van der Waals surface area contributed by atoms with E-state index in [0.29, 0.717) is 28.1 Å². The van der Waals surface area contributed by atoms with E-state index in [4.69, 9.17) is 4.52 Å². The highest BCUT2D eigenvalue weighted by molar-refractivity contribution is 6.07. The highest BCUT2D eigenvalue weighted by Gasteiger charge is 2.25. The molecule has 3 heterocycles. The smallest absolute Gasteiger partial charge is 0.259 e. The average molecular weight is 423 g/mol. The van der Waals surface area contributed by atoms with E-state index in [2.05, 4.69) is 20.4 Å². The van der Waals surface area contributed by atoms with Crippen molar-refractivity contribution in [3.05, 3.63) is 102 Å². The molecule has 1 amide bonds. The summed E-state index contributed by atoms with van der Waals surface area (Å²) in [6.07, 6.45) is 3.58. The van der Waals surface area contributed by atoms with E-state index < -0.39 is 6.04 Å². The lowest BCUT2D eigenvalue weighted by atomic mass is 10.0. The molecule has 158 valence electrons. The maximum atomic E-state index is 13.6. The van der Waals surface area contributed by atoms with Gasteiger partial charge in [-0.3, -0.25) is 4.79 Å². The van der Waals surface area contributed by atoms with Crippen LogP contribution in [0.1, 0.15) is 33.5 Å². The number of carbonyl (C=O) groups excluding carboxylic acids is 1. The number of benzene rings is 2. The van der Waals surface area contributed by atoms with Crippen LogP contribution in [-0.2, 0) is 7.05 Å². The van der Waals surface area contributed by atoms with Crippen molar-refractivity contribution in [1.82, 2.24) is 25.0 Å². The molecular weight excluding hydrogens is 402 g/mol. The van der Waals surface area contributed by atoms with Crippen LogP contribution in [0.3, 0.4) is 0 Å². The summed E-state index contributed by atoms with van der Waals surface area (Å²) in [5.41, 5.74) is 3.88. The minimum absolute atomic E-state index is 0.252. The summed E-state index contributed by atoms with van der Waals surface area (Å²) in [7, 11) is 1.91. The molecule has 5 rings (SSSR count). The molecule has 2 aromatic carbocycles. The number of aromatic nitrogens is 4. The standard InChI is InChI=1S/C25H21N5O2/c1-16-21-19(15-20(27-25(21)32-29-16)17-9-5-3-6-10-17)24(31)28-22(18-11-7-4-8-12-18)23-26-13-14-30(23)2/h3-15,22H,1-2H3,(H,28,31). The van der Waals surface area contributed by atoms with Crippen LogP contribution in [0.15, 0.2) is 83.6 Å². The normalized spacial score (nSPS) is 12.1. The Hall–Kier alpha value is -4.26. The van der Waals surface area contributed by atoms with Gasteiger partial charge in [-0.05, 0) is 18.6 Å². The van der Waals surface area contributed by atoms with Crippen LogP contribution >= 0.6 is 0 Å². The predicted molar refractivity (Wildman–Crippen MR) is 121 cm³/mol. The number of hydrogen-bond acceptors (Lipinski definition) is 5. The highest BCUT2D eigenvalue weighted by atomic mass is 16.5. The Bertz CT molecular complexity index is 1390. The molecule has 0 aliphatic heterocycles. The molecule has 1 atom stereocenters. The summed E-state index contributed by atoms with van der Waals surface area (Å²) in [4.78, 5) is 22.7. The Morgan fingerprint density at radius 1 is 1.06 bits per heavy atom. The Balaban J connectivity index is 1.61.